The Morgan fingerprint density at radius 2 is 2.00 bits per heavy atom. The van der Waals surface area contributed by atoms with Gasteiger partial charge in [0.1, 0.15) is 5.75 Å². The van der Waals surface area contributed by atoms with Crippen molar-refractivity contribution < 1.29 is 23.7 Å². The summed E-state index contributed by atoms with van der Waals surface area (Å²) in [6, 6.07) is 9.06. The molecule has 3 rings (SSSR count). The average molecular weight is 483 g/mol. The van der Waals surface area contributed by atoms with Gasteiger partial charge >= 0.3 is 0 Å². The van der Waals surface area contributed by atoms with Gasteiger partial charge in [-0.3, -0.25) is 4.79 Å². The molecule has 0 amide bonds. The Morgan fingerprint density at radius 1 is 1.26 bits per heavy atom. The highest BCUT2D eigenvalue weighted by Gasteiger charge is 2.29. The van der Waals surface area contributed by atoms with Gasteiger partial charge in [-0.1, -0.05) is 19.9 Å². The first-order valence-electron chi connectivity index (χ1n) is 8.57. The molecular formula is C20H22INO5. The van der Waals surface area contributed by atoms with Crippen molar-refractivity contribution in [2.24, 2.45) is 5.41 Å². The summed E-state index contributed by atoms with van der Waals surface area (Å²) in [6.45, 7) is 5.38. The Bertz CT molecular complexity index is 797. The van der Waals surface area contributed by atoms with Crippen LogP contribution in [0.15, 0.2) is 36.5 Å². The van der Waals surface area contributed by atoms with E-state index in [-0.39, 0.29) is 17.8 Å². The number of hydrogen-bond donors (Lipinski definition) is 0. The van der Waals surface area contributed by atoms with E-state index in [0.29, 0.717) is 30.4 Å². The summed E-state index contributed by atoms with van der Waals surface area (Å²) in [5.41, 5.74) is 1.36. The minimum Gasteiger partial charge on any atom is -0.484 e. The van der Waals surface area contributed by atoms with Crippen LogP contribution in [-0.4, -0.2) is 37.7 Å². The molecular weight excluding hydrogens is 461 g/mol. The predicted octanol–water partition coefficient (Wildman–Crippen LogP) is 4.03. The summed E-state index contributed by atoms with van der Waals surface area (Å²) >= 11 is 2.18. The number of Topliss-reactive ketones (excluding diaryl/α,β-unsaturated/α-hetero) is 1. The Kier molecular flexibility index (Phi) is 6.33. The quantitative estimate of drug-likeness (QED) is 0.457. The van der Waals surface area contributed by atoms with Crippen LogP contribution in [0.2, 0.25) is 0 Å². The summed E-state index contributed by atoms with van der Waals surface area (Å²) in [6.07, 6.45) is 1.07. The number of carbonyl (C=O) groups excluding carboxylic acids is 1. The van der Waals surface area contributed by atoms with Crippen molar-refractivity contribution in [1.29, 1.82) is 0 Å². The molecule has 1 fully saturated rings. The van der Waals surface area contributed by atoms with Gasteiger partial charge in [0, 0.05) is 28.8 Å². The molecule has 0 N–H and O–H groups in total. The zero-order chi connectivity index (χ0) is 19.4. The number of nitrogens with zero attached hydrogens (tertiary/aromatic N) is 1. The topological polar surface area (TPSA) is 66.9 Å². The Morgan fingerprint density at radius 3 is 2.63 bits per heavy atom. The molecule has 27 heavy (non-hydrogen) atoms. The number of halogens is 1. The zero-order valence-electron chi connectivity index (χ0n) is 15.5. The molecule has 0 bridgehead atoms. The molecule has 1 saturated heterocycles. The molecule has 0 saturated carbocycles. The number of methoxy groups -OCH3 is 1. The Balaban J connectivity index is 1.65. The molecule has 1 aromatic carbocycles. The van der Waals surface area contributed by atoms with E-state index >= 15 is 0 Å². The highest BCUT2D eigenvalue weighted by molar-refractivity contribution is 14.1. The smallest absolute Gasteiger partial charge is 0.212 e. The van der Waals surface area contributed by atoms with Gasteiger partial charge in [0.05, 0.1) is 23.9 Å². The van der Waals surface area contributed by atoms with Crippen molar-refractivity contribution in [2.75, 3.05) is 26.9 Å². The van der Waals surface area contributed by atoms with Gasteiger partial charge in [0.2, 0.25) is 11.7 Å². The first kappa shape index (κ1) is 20.0. The second-order valence-corrected chi connectivity index (χ2v) is 8.27. The van der Waals surface area contributed by atoms with Gasteiger partial charge in [0.15, 0.2) is 12.9 Å². The lowest BCUT2D eigenvalue weighted by atomic mass is 9.95. The molecule has 0 atom stereocenters. The third-order valence-electron chi connectivity index (χ3n) is 4.10. The van der Waals surface area contributed by atoms with E-state index in [2.05, 4.69) is 41.4 Å². The van der Waals surface area contributed by atoms with Crippen LogP contribution in [0.3, 0.4) is 0 Å². The van der Waals surface area contributed by atoms with Crippen molar-refractivity contribution >= 4 is 28.4 Å². The fraction of sp³-hybridized carbons (Fsp3) is 0.400. The lowest BCUT2D eigenvalue weighted by Gasteiger charge is -2.34. The summed E-state index contributed by atoms with van der Waals surface area (Å²) in [5, 5.41) is 0. The van der Waals surface area contributed by atoms with Crippen LogP contribution < -0.4 is 9.47 Å². The Hall–Kier alpha value is -1.71. The van der Waals surface area contributed by atoms with Crippen LogP contribution in [-0.2, 0) is 9.47 Å². The standard InChI is InChI=1S/C20H22INO5/c1-20(2)11-26-19(27-12-20)13-4-6-15(21)17(8-13)25-10-16(23)14-5-7-18(24-3)22-9-14/h4-9,19H,10-12H2,1-3H3. The molecule has 6 nitrogen and oxygen atoms in total. The zero-order valence-corrected chi connectivity index (χ0v) is 17.7. The number of carbonyl (C=O) groups is 1. The van der Waals surface area contributed by atoms with Gasteiger partial charge in [-0.05, 0) is 40.8 Å². The van der Waals surface area contributed by atoms with E-state index in [1.807, 2.05) is 18.2 Å². The maximum atomic E-state index is 12.3. The molecule has 144 valence electrons. The molecule has 0 unspecified atom stereocenters. The summed E-state index contributed by atoms with van der Waals surface area (Å²) in [4.78, 5) is 16.4. The number of rotatable bonds is 6. The van der Waals surface area contributed by atoms with Gasteiger partial charge in [-0.2, -0.15) is 0 Å². The highest BCUT2D eigenvalue weighted by atomic mass is 127. The molecule has 7 heteroatoms. The van der Waals surface area contributed by atoms with Crippen molar-refractivity contribution in [1.82, 2.24) is 4.98 Å². The summed E-state index contributed by atoms with van der Waals surface area (Å²) in [5.74, 6) is 0.934. The monoisotopic (exact) mass is 483 g/mol. The average Bonchev–Trinajstić information content (AvgIpc) is 2.67. The van der Waals surface area contributed by atoms with E-state index in [1.54, 1.807) is 12.1 Å². The van der Waals surface area contributed by atoms with Gasteiger partial charge < -0.3 is 18.9 Å². The van der Waals surface area contributed by atoms with Crippen LogP contribution in [0.25, 0.3) is 0 Å². The van der Waals surface area contributed by atoms with Crippen molar-refractivity contribution in [3.8, 4) is 11.6 Å². The molecule has 1 aliphatic heterocycles. The normalized spacial score (nSPS) is 16.7. The van der Waals surface area contributed by atoms with Crippen LogP contribution in [0, 0.1) is 8.99 Å². The number of benzene rings is 1. The van der Waals surface area contributed by atoms with Gasteiger partial charge in [-0.25, -0.2) is 4.98 Å². The number of aromatic nitrogens is 1. The highest BCUT2D eigenvalue weighted by Crippen LogP contribution is 2.33. The van der Waals surface area contributed by atoms with E-state index in [1.165, 1.54) is 13.3 Å². The molecule has 1 aliphatic rings. The number of ketones is 1. The second kappa shape index (κ2) is 8.53. The first-order chi connectivity index (χ1) is 12.9. The number of ether oxygens (including phenoxy) is 4. The maximum absolute atomic E-state index is 12.3. The molecule has 1 aromatic heterocycles. The number of pyridine rings is 1. The molecule has 0 aliphatic carbocycles. The van der Waals surface area contributed by atoms with Crippen LogP contribution in [0.1, 0.15) is 36.1 Å². The number of hydrogen-bond acceptors (Lipinski definition) is 6. The third-order valence-corrected chi connectivity index (χ3v) is 5.00. The van der Waals surface area contributed by atoms with Crippen molar-refractivity contribution in [2.45, 2.75) is 20.1 Å². The van der Waals surface area contributed by atoms with E-state index in [4.69, 9.17) is 18.9 Å². The van der Waals surface area contributed by atoms with Gasteiger partial charge in [-0.15, -0.1) is 0 Å². The minimum absolute atomic E-state index is 0.0118. The molecule has 0 radical (unpaired) electrons. The summed E-state index contributed by atoms with van der Waals surface area (Å²) in [7, 11) is 1.53. The van der Waals surface area contributed by atoms with Crippen LogP contribution in [0.4, 0.5) is 0 Å². The van der Waals surface area contributed by atoms with E-state index in [0.717, 1.165) is 9.13 Å². The molecule has 0 spiro atoms. The molecule has 2 heterocycles. The fourth-order valence-electron chi connectivity index (χ4n) is 2.55. The second-order valence-electron chi connectivity index (χ2n) is 7.11. The van der Waals surface area contributed by atoms with Crippen molar-refractivity contribution in [3.63, 3.8) is 0 Å². The first-order valence-corrected chi connectivity index (χ1v) is 9.64. The van der Waals surface area contributed by atoms with Crippen LogP contribution >= 0.6 is 22.6 Å². The lowest BCUT2D eigenvalue weighted by molar-refractivity contribution is -0.226. The van der Waals surface area contributed by atoms with Crippen molar-refractivity contribution in [3.05, 3.63) is 51.2 Å². The third kappa shape index (κ3) is 5.18. The maximum Gasteiger partial charge on any atom is 0.212 e. The van der Waals surface area contributed by atoms with Gasteiger partial charge in [0.25, 0.3) is 0 Å². The SMILES string of the molecule is COc1ccc(C(=O)COc2cc(C3OCC(C)(C)CO3)ccc2I)cn1. The summed E-state index contributed by atoms with van der Waals surface area (Å²) < 4.78 is 23.3. The minimum atomic E-state index is -0.418. The van der Waals surface area contributed by atoms with Crippen LogP contribution in [0.5, 0.6) is 11.6 Å². The fourth-order valence-corrected chi connectivity index (χ4v) is 3.05. The van der Waals surface area contributed by atoms with E-state index in [9.17, 15) is 4.79 Å². The largest absolute Gasteiger partial charge is 0.484 e. The van der Waals surface area contributed by atoms with E-state index < -0.39 is 6.29 Å². The Labute approximate surface area is 172 Å². The lowest BCUT2D eigenvalue weighted by Crippen LogP contribution is -2.33. The predicted molar refractivity (Wildman–Crippen MR) is 108 cm³/mol. The molecule has 2 aromatic rings.